The first-order chi connectivity index (χ1) is 15.1. The molecule has 0 aliphatic carbocycles. The van der Waals surface area contributed by atoms with E-state index in [4.69, 9.17) is 22.1 Å². The molecule has 0 amide bonds. The van der Waals surface area contributed by atoms with E-state index in [1.54, 1.807) is 16.8 Å². The molecule has 162 valence electrons. The standard InChI is InChI=1S/C23H25FN4O2S/c1-2-30-22(29)18-7-6-14-26(15-18)16-27-23(31)28(20-8-4-3-5-9-20)21(25-27)17-10-12-19(24)13-11-17/h3-5,8-13,18H,2,6-7,14-16H2,1H3. The average Bonchev–Trinajstić information content (AvgIpc) is 3.11. The molecule has 1 aromatic heterocycles. The summed E-state index contributed by atoms with van der Waals surface area (Å²) in [5.41, 5.74) is 1.67. The Morgan fingerprint density at radius 3 is 2.65 bits per heavy atom. The Labute approximate surface area is 185 Å². The lowest BCUT2D eigenvalue weighted by atomic mass is 9.99. The third kappa shape index (κ3) is 4.75. The summed E-state index contributed by atoms with van der Waals surface area (Å²) < 4.78 is 22.9. The van der Waals surface area contributed by atoms with Crippen molar-refractivity contribution < 1.29 is 13.9 Å². The van der Waals surface area contributed by atoms with Crippen LogP contribution < -0.4 is 0 Å². The second kappa shape index (κ2) is 9.53. The van der Waals surface area contributed by atoms with E-state index in [-0.39, 0.29) is 17.7 Å². The van der Waals surface area contributed by atoms with Crippen molar-refractivity contribution in [3.63, 3.8) is 0 Å². The Bertz CT molecular complexity index is 1100. The molecular weight excluding hydrogens is 415 g/mol. The summed E-state index contributed by atoms with van der Waals surface area (Å²) in [6.07, 6.45) is 1.75. The highest BCUT2D eigenvalue weighted by Crippen LogP contribution is 2.24. The Balaban J connectivity index is 1.66. The van der Waals surface area contributed by atoms with Gasteiger partial charge in [-0.15, -0.1) is 5.10 Å². The fourth-order valence-corrected chi connectivity index (χ4v) is 4.21. The number of nitrogens with zero attached hydrogens (tertiary/aromatic N) is 4. The molecule has 6 nitrogen and oxygen atoms in total. The molecule has 1 aliphatic rings. The first kappa shape index (κ1) is 21.4. The SMILES string of the molecule is CCOC(=O)C1CCCN(Cn2nc(-c3ccc(F)cc3)n(-c3ccccc3)c2=S)C1. The van der Waals surface area contributed by atoms with Crippen LogP contribution in [0.4, 0.5) is 4.39 Å². The second-order valence-corrected chi connectivity index (χ2v) is 7.96. The highest BCUT2D eigenvalue weighted by atomic mass is 32.1. The highest BCUT2D eigenvalue weighted by molar-refractivity contribution is 7.71. The number of likely N-dealkylation sites (tertiary alicyclic amines) is 1. The van der Waals surface area contributed by atoms with Gasteiger partial charge in [0.05, 0.1) is 19.2 Å². The number of ether oxygens (including phenoxy) is 1. The summed E-state index contributed by atoms with van der Waals surface area (Å²) in [7, 11) is 0. The molecule has 3 aromatic rings. The van der Waals surface area contributed by atoms with Crippen LogP contribution in [-0.4, -0.2) is 44.9 Å². The number of hydrogen-bond acceptors (Lipinski definition) is 5. The molecule has 0 spiro atoms. The largest absolute Gasteiger partial charge is 0.466 e. The molecule has 2 heterocycles. The number of piperidine rings is 1. The van der Waals surface area contributed by atoms with Crippen LogP contribution in [0.3, 0.4) is 0 Å². The number of rotatable bonds is 6. The Morgan fingerprint density at radius 1 is 1.19 bits per heavy atom. The topological polar surface area (TPSA) is 52.3 Å². The molecule has 1 unspecified atom stereocenters. The smallest absolute Gasteiger partial charge is 0.310 e. The van der Waals surface area contributed by atoms with Gasteiger partial charge in [-0.1, -0.05) is 18.2 Å². The fourth-order valence-electron chi connectivity index (χ4n) is 3.92. The van der Waals surface area contributed by atoms with Crippen LogP contribution in [0.1, 0.15) is 19.8 Å². The van der Waals surface area contributed by atoms with Crippen molar-refractivity contribution in [3.05, 3.63) is 65.2 Å². The molecule has 1 atom stereocenters. The zero-order valence-electron chi connectivity index (χ0n) is 17.4. The van der Waals surface area contributed by atoms with Crippen LogP contribution in [0.5, 0.6) is 0 Å². The van der Waals surface area contributed by atoms with Gasteiger partial charge in [0.1, 0.15) is 5.82 Å². The quantitative estimate of drug-likeness (QED) is 0.419. The van der Waals surface area contributed by atoms with E-state index in [0.717, 1.165) is 30.6 Å². The molecule has 1 aliphatic heterocycles. The number of halogens is 1. The molecule has 0 bridgehead atoms. The van der Waals surface area contributed by atoms with E-state index < -0.39 is 0 Å². The summed E-state index contributed by atoms with van der Waals surface area (Å²) in [6.45, 7) is 4.17. The summed E-state index contributed by atoms with van der Waals surface area (Å²) in [6, 6.07) is 16.0. The van der Waals surface area contributed by atoms with Gasteiger partial charge >= 0.3 is 5.97 Å². The molecule has 31 heavy (non-hydrogen) atoms. The van der Waals surface area contributed by atoms with Gasteiger partial charge in [0.15, 0.2) is 5.82 Å². The van der Waals surface area contributed by atoms with Crippen molar-refractivity contribution in [1.29, 1.82) is 0 Å². The predicted octanol–water partition coefficient (Wildman–Crippen LogP) is 4.44. The lowest BCUT2D eigenvalue weighted by Gasteiger charge is -2.31. The molecule has 1 saturated heterocycles. The Kier molecular flexibility index (Phi) is 6.58. The molecular formula is C23H25FN4O2S. The van der Waals surface area contributed by atoms with Crippen LogP contribution in [-0.2, 0) is 16.2 Å². The summed E-state index contributed by atoms with van der Waals surface area (Å²) in [5, 5.41) is 4.78. The fraction of sp³-hybridized carbons (Fsp3) is 0.348. The Hall–Kier alpha value is -2.84. The number of hydrogen-bond donors (Lipinski definition) is 0. The van der Waals surface area contributed by atoms with Gasteiger partial charge in [-0.3, -0.25) is 14.3 Å². The van der Waals surface area contributed by atoms with Crippen molar-refractivity contribution in [1.82, 2.24) is 19.2 Å². The van der Waals surface area contributed by atoms with Crippen molar-refractivity contribution in [2.24, 2.45) is 5.92 Å². The lowest BCUT2D eigenvalue weighted by Crippen LogP contribution is -2.40. The van der Waals surface area contributed by atoms with Gasteiger partial charge in [-0.25, -0.2) is 9.07 Å². The summed E-state index contributed by atoms with van der Waals surface area (Å²) >= 11 is 5.78. The van der Waals surface area contributed by atoms with Gasteiger partial charge in [0, 0.05) is 17.8 Å². The van der Waals surface area contributed by atoms with Crippen LogP contribution in [0, 0.1) is 16.5 Å². The normalized spacial score (nSPS) is 16.9. The summed E-state index contributed by atoms with van der Waals surface area (Å²) in [5.74, 6) is 0.0785. The van der Waals surface area contributed by atoms with Crippen molar-refractivity contribution in [3.8, 4) is 17.1 Å². The minimum Gasteiger partial charge on any atom is -0.466 e. The van der Waals surface area contributed by atoms with Crippen LogP contribution in [0.2, 0.25) is 0 Å². The van der Waals surface area contributed by atoms with E-state index in [1.807, 2.05) is 41.8 Å². The number of carbonyl (C=O) groups excluding carboxylic acids is 1. The molecule has 1 fully saturated rings. The monoisotopic (exact) mass is 440 g/mol. The first-order valence-corrected chi connectivity index (χ1v) is 10.9. The lowest BCUT2D eigenvalue weighted by molar-refractivity contribution is -0.150. The zero-order valence-corrected chi connectivity index (χ0v) is 18.2. The first-order valence-electron chi connectivity index (χ1n) is 10.5. The predicted molar refractivity (Wildman–Crippen MR) is 119 cm³/mol. The number of benzene rings is 2. The van der Waals surface area contributed by atoms with Crippen molar-refractivity contribution in [2.45, 2.75) is 26.4 Å². The zero-order chi connectivity index (χ0) is 21.8. The number of para-hydroxylation sites is 1. The van der Waals surface area contributed by atoms with Gasteiger partial charge in [0.2, 0.25) is 4.77 Å². The van der Waals surface area contributed by atoms with Crippen LogP contribution in [0.15, 0.2) is 54.6 Å². The molecule has 4 rings (SSSR count). The molecule has 8 heteroatoms. The van der Waals surface area contributed by atoms with E-state index in [9.17, 15) is 9.18 Å². The molecule has 2 aromatic carbocycles. The van der Waals surface area contributed by atoms with Gasteiger partial charge in [-0.05, 0) is 74.9 Å². The summed E-state index contributed by atoms with van der Waals surface area (Å²) in [4.78, 5) is 14.4. The molecule has 0 N–H and O–H groups in total. The Morgan fingerprint density at radius 2 is 1.94 bits per heavy atom. The maximum Gasteiger partial charge on any atom is 0.310 e. The third-order valence-electron chi connectivity index (χ3n) is 5.42. The van der Waals surface area contributed by atoms with Crippen molar-refractivity contribution >= 4 is 18.2 Å². The van der Waals surface area contributed by atoms with E-state index in [2.05, 4.69) is 4.90 Å². The average molecular weight is 441 g/mol. The van der Waals surface area contributed by atoms with Crippen LogP contribution >= 0.6 is 12.2 Å². The van der Waals surface area contributed by atoms with Gasteiger partial charge in [0.25, 0.3) is 0 Å². The third-order valence-corrected chi connectivity index (χ3v) is 5.81. The molecule has 0 saturated carbocycles. The highest BCUT2D eigenvalue weighted by Gasteiger charge is 2.27. The van der Waals surface area contributed by atoms with Gasteiger partial charge in [-0.2, -0.15) is 0 Å². The van der Waals surface area contributed by atoms with E-state index in [0.29, 0.717) is 30.4 Å². The second-order valence-electron chi connectivity index (χ2n) is 7.59. The number of carbonyl (C=O) groups is 1. The van der Waals surface area contributed by atoms with Crippen molar-refractivity contribution in [2.75, 3.05) is 19.7 Å². The van der Waals surface area contributed by atoms with Crippen LogP contribution in [0.25, 0.3) is 17.1 Å². The molecule has 0 radical (unpaired) electrons. The minimum absolute atomic E-state index is 0.129. The van der Waals surface area contributed by atoms with E-state index in [1.165, 1.54) is 12.1 Å². The number of aromatic nitrogens is 3. The maximum atomic E-state index is 13.5. The minimum atomic E-state index is -0.300. The van der Waals surface area contributed by atoms with E-state index >= 15 is 0 Å². The maximum absolute atomic E-state index is 13.5. The number of esters is 1. The van der Waals surface area contributed by atoms with Gasteiger partial charge < -0.3 is 4.74 Å².